The van der Waals surface area contributed by atoms with E-state index >= 15 is 0 Å². The number of rotatable bonds is 6. The predicted molar refractivity (Wildman–Crippen MR) is 88.0 cm³/mol. The Morgan fingerprint density at radius 1 is 1.29 bits per heavy atom. The van der Waals surface area contributed by atoms with Gasteiger partial charge in [0, 0.05) is 11.1 Å². The number of hydrogen-bond donors (Lipinski definition) is 2. The minimum atomic E-state index is -3.78. The highest BCUT2D eigenvalue weighted by molar-refractivity contribution is 7.89. The molecule has 1 aromatic heterocycles. The molecule has 0 unspecified atom stereocenters. The first-order chi connectivity index (χ1) is 11.2. The van der Waals surface area contributed by atoms with Crippen molar-refractivity contribution in [3.63, 3.8) is 0 Å². The van der Waals surface area contributed by atoms with Gasteiger partial charge in [0.15, 0.2) is 6.61 Å². The number of thiazole rings is 1. The highest BCUT2D eigenvalue weighted by atomic mass is 32.2. The standard InChI is InChI=1S/C14H15N3O5S2/c1-9-16-11(8-23-9)6-14(19)22-7-13(18)17-10-2-4-12(5-3-10)24(15,20)21/h2-5,8H,6-7H2,1H3,(H,17,18)(H2,15,20,21). The number of benzene rings is 1. The maximum Gasteiger partial charge on any atom is 0.312 e. The van der Waals surface area contributed by atoms with Gasteiger partial charge in [0.25, 0.3) is 5.91 Å². The van der Waals surface area contributed by atoms with Crippen molar-refractivity contribution >= 4 is 38.9 Å². The molecule has 0 atom stereocenters. The van der Waals surface area contributed by atoms with Crippen LogP contribution in [-0.4, -0.2) is 31.9 Å². The lowest BCUT2D eigenvalue weighted by Crippen LogP contribution is -2.21. The van der Waals surface area contributed by atoms with E-state index in [4.69, 9.17) is 9.88 Å². The topological polar surface area (TPSA) is 128 Å². The number of amides is 1. The van der Waals surface area contributed by atoms with E-state index in [2.05, 4.69) is 10.3 Å². The van der Waals surface area contributed by atoms with Crippen LogP contribution in [0.25, 0.3) is 0 Å². The van der Waals surface area contributed by atoms with E-state index < -0.39 is 28.5 Å². The van der Waals surface area contributed by atoms with Gasteiger partial charge < -0.3 is 10.1 Å². The summed E-state index contributed by atoms with van der Waals surface area (Å²) in [6.45, 7) is 1.38. The number of aryl methyl sites for hydroxylation is 1. The summed E-state index contributed by atoms with van der Waals surface area (Å²) < 4.78 is 27.1. The Balaban J connectivity index is 1.81. The molecular weight excluding hydrogens is 354 g/mol. The number of nitrogens with two attached hydrogens (primary N) is 1. The molecule has 0 aliphatic carbocycles. The number of carbonyl (C=O) groups excluding carboxylic acids is 2. The molecule has 2 rings (SSSR count). The quantitative estimate of drug-likeness (QED) is 0.726. The third-order valence-electron chi connectivity index (χ3n) is 2.82. The monoisotopic (exact) mass is 369 g/mol. The lowest BCUT2D eigenvalue weighted by Gasteiger charge is -2.07. The molecule has 10 heteroatoms. The summed E-state index contributed by atoms with van der Waals surface area (Å²) in [6.07, 6.45) is 0.000671. The van der Waals surface area contributed by atoms with Crippen LogP contribution in [0, 0.1) is 6.92 Å². The third-order valence-corrected chi connectivity index (χ3v) is 4.57. The SMILES string of the molecule is Cc1nc(CC(=O)OCC(=O)Nc2ccc(S(N)(=O)=O)cc2)cs1. The molecule has 0 fully saturated rings. The van der Waals surface area contributed by atoms with Gasteiger partial charge in [-0.05, 0) is 31.2 Å². The van der Waals surface area contributed by atoms with E-state index in [1.807, 2.05) is 6.92 Å². The highest BCUT2D eigenvalue weighted by Crippen LogP contribution is 2.13. The number of nitrogens with zero attached hydrogens (tertiary/aromatic N) is 1. The summed E-state index contributed by atoms with van der Waals surface area (Å²) in [6, 6.07) is 5.30. The molecular formula is C14H15N3O5S2. The molecule has 1 aromatic carbocycles. The van der Waals surface area contributed by atoms with Crippen LogP contribution in [0.5, 0.6) is 0 Å². The number of carbonyl (C=O) groups is 2. The lowest BCUT2D eigenvalue weighted by molar-refractivity contribution is -0.146. The summed E-state index contributed by atoms with van der Waals surface area (Å²) in [5.41, 5.74) is 0.958. The molecule has 1 heterocycles. The Kier molecular flexibility index (Phi) is 5.65. The van der Waals surface area contributed by atoms with E-state index in [0.717, 1.165) is 5.01 Å². The van der Waals surface area contributed by atoms with Crippen LogP contribution in [0.4, 0.5) is 5.69 Å². The van der Waals surface area contributed by atoms with Crippen LogP contribution in [0.15, 0.2) is 34.5 Å². The van der Waals surface area contributed by atoms with Gasteiger partial charge in [-0.25, -0.2) is 18.5 Å². The summed E-state index contributed by atoms with van der Waals surface area (Å²) in [4.78, 5) is 27.4. The normalized spacial score (nSPS) is 11.1. The third kappa shape index (κ3) is 5.41. The number of anilines is 1. The first-order valence-electron chi connectivity index (χ1n) is 6.73. The average Bonchev–Trinajstić information content (AvgIpc) is 2.90. The second-order valence-corrected chi connectivity index (χ2v) is 7.44. The molecule has 0 radical (unpaired) electrons. The van der Waals surface area contributed by atoms with Gasteiger partial charge in [-0.3, -0.25) is 9.59 Å². The Hall–Kier alpha value is -2.30. The first kappa shape index (κ1) is 18.0. The smallest absolute Gasteiger partial charge is 0.312 e. The molecule has 24 heavy (non-hydrogen) atoms. The molecule has 0 aliphatic heterocycles. The molecule has 0 saturated carbocycles. The number of primary sulfonamides is 1. The minimum Gasteiger partial charge on any atom is -0.455 e. The lowest BCUT2D eigenvalue weighted by atomic mass is 10.3. The van der Waals surface area contributed by atoms with Crippen LogP contribution >= 0.6 is 11.3 Å². The van der Waals surface area contributed by atoms with Crippen molar-refractivity contribution < 1.29 is 22.7 Å². The van der Waals surface area contributed by atoms with Gasteiger partial charge in [-0.2, -0.15) is 0 Å². The van der Waals surface area contributed by atoms with Gasteiger partial charge in [0.1, 0.15) is 0 Å². The second kappa shape index (κ2) is 7.51. The Morgan fingerprint density at radius 3 is 2.50 bits per heavy atom. The van der Waals surface area contributed by atoms with E-state index in [1.54, 1.807) is 5.38 Å². The molecule has 0 bridgehead atoms. The Bertz CT molecular complexity index is 844. The zero-order valence-corrected chi connectivity index (χ0v) is 14.3. The predicted octanol–water partition coefficient (Wildman–Crippen LogP) is 0.823. The number of esters is 1. The van der Waals surface area contributed by atoms with Gasteiger partial charge in [-0.15, -0.1) is 11.3 Å². The molecule has 3 N–H and O–H groups in total. The van der Waals surface area contributed by atoms with Crippen LogP contribution in [0.2, 0.25) is 0 Å². The Morgan fingerprint density at radius 2 is 1.96 bits per heavy atom. The van der Waals surface area contributed by atoms with Gasteiger partial charge in [0.2, 0.25) is 10.0 Å². The zero-order valence-electron chi connectivity index (χ0n) is 12.7. The highest BCUT2D eigenvalue weighted by Gasteiger charge is 2.11. The number of sulfonamides is 1. The van der Waals surface area contributed by atoms with Gasteiger partial charge in [0.05, 0.1) is 22.0 Å². The van der Waals surface area contributed by atoms with Crippen LogP contribution in [0.1, 0.15) is 10.7 Å². The van der Waals surface area contributed by atoms with Crippen LogP contribution in [-0.2, 0) is 30.8 Å². The number of hydrogen-bond acceptors (Lipinski definition) is 7. The van der Waals surface area contributed by atoms with Crippen molar-refractivity contribution in [1.29, 1.82) is 0 Å². The van der Waals surface area contributed by atoms with Crippen molar-refractivity contribution in [2.24, 2.45) is 5.14 Å². The second-order valence-electron chi connectivity index (χ2n) is 4.81. The van der Waals surface area contributed by atoms with E-state index in [0.29, 0.717) is 11.4 Å². The van der Waals surface area contributed by atoms with Gasteiger partial charge in [-0.1, -0.05) is 0 Å². The fourth-order valence-corrected chi connectivity index (χ4v) is 2.89. The summed E-state index contributed by atoms with van der Waals surface area (Å²) in [5.74, 6) is -1.10. The first-order valence-corrected chi connectivity index (χ1v) is 9.16. The minimum absolute atomic E-state index is 0.000671. The fourth-order valence-electron chi connectivity index (χ4n) is 1.76. The van der Waals surface area contributed by atoms with Crippen molar-refractivity contribution in [2.75, 3.05) is 11.9 Å². The maximum atomic E-state index is 11.7. The summed E-state index contributed by atoms with van der Waals surface area (Å²) in [7, 11) is -3.78. The van der Waals surface area contributed by atoms with E-state index in [9.17, 15) is 18.0 Å². The fraction of sp³-hybridized carbons (Fsp3) is 0.214. The summed E-state index contributed by atoms with van der Waals surface area (Å²) >= 11 is 1.43. The number of ether oxygens (including phenoxy) is 1. The molecule has 0 spiro atoms. The van der Waals surface area contributed by atoms with Crippen molar-refractivity contribution in [2.45, 2.75) is 18.2 Å². The molecule has 0 aliphatic rings. The Labute approximate surface area is 142 Å². The van der Waals surface area contributed by atoms with E-state index in [1.165, 1.54) is 35.6 Å². The maximum absolute atomic E-state index is 11.7. The molecule has 2 aromatic rings. The molecule has 1 amide bonds. The van der Waals surface area contributed by atoms with Crippen LogP contribution in [0.3, 0.4) is 0 Å². The van der Waals surface area contributed by atoms with Crippen molar-refractivity contribution in [3.05, 3.63) is 40.3 Å². The molecule has 128 valence electrons. The zero-order chi connectivity index (χ0) is 17.7. The van der Waals surface area contributed by atoms with E-state index in [-0.39, 0.29) is 11.3 Å². The van der Waals surface area contributed by atoms with Gasteiger partial charge >= 0.3 is 5.97 Å². The molecule has 8 nitrogen and oxygen atoms in total. The van der Waals surface area contributed by atoms with Crippen molar-refractivity contribution in [3.8, 4) is 0 Å². The van der Waals surface area contributed by atoms with Crippen molar-refractivity contribution in [1.82, 2.24) is 4.98 Å². The summed E-state index contributed by atoms with van der Waals surface area (Å²) in [5, 5.41) is 10.1. The number of aromatic nitrogens is 1. The number of nitrogens with one attached hydrogen (secondary N) is 1. The average molecular weight is 369 g/mol. The largest absolute Gasteiger partial charge is 0.455 e. The van der Waals surface area contributed by atoms with Crippen LogP contribution < -0.4 is 10.5 Å². The molecule has 0 saturated heterocycles.